The van der Waals surface area contributed by atoms with Crippen molar-refractivity contribution in [3.63, 3.8) is 0 Å². The van der Waals surface area contributed by atoms with E-state index in [1.54, 1.807) is 30.3 Å². The number of esters is 1. The Balaban J connectivity index is 2.21. The number of hydrogen-bond acceptors (Lipinski definition) is 5. The summed E-state index contributed by atoms with van der Waals surface area (Å²) in [6, 6.07) is 13.9. The Kier molecular flexibility index (Phi) is 7.99. The van der Waals surface area contributed by atoms with Gasteiger partial charge in [-0.2, -0.15) is 5.26 Å². The van der Waals surface area contributed by atoms with Crippen LogP contribution >= 0.6 is 0 Å². The molecule has 0 radical (unpaired) electrons. The summed E-state index contributed by atoms with van der Waals surface area (Å²) in [4.78, 5) is 24.5. The first-order valence-corrected chi connectivity index (χ1v) is 9.36. The average Bonchev–Trinajstić information content (AvgIpc) is 2.73. The van der Waals surface area contributed by atoms with Gasteiger partial charge >= 0.3 is 5.97 Å². The van der Waals surface area contributed by atoms with Crippen molar-refractivity contribution in [2.24, 2.45) is 0 Å². The molecule has 2 aromatic rings. The topological polar surface area (TPSA) is 88.4 Å². The lowest BCUT2D eigenvalue weighted by Gasteiger charge is -2.11. The molecular weight excluding hydrogens is 368 g/mol. The Hall–Kier alpha value is -3.59. The summed E-state index contributed by atoms with van der Waals surface area (Å²) in [6.07, 6.45) is 3.27. The molecule has 0 aliphatic heterocycles. The minimum atomic E-state index is -0.488. The lowest BCUT2D eigenvalue weighted by atomic mass is 10.1. The van der Waals surface area contributed by atoms with Crippen LogP contribution in [0.2, 0.25) is 0 Å². The monoisotopic (exact) mass is 392 g/mol. The number of methoxy groups -OCH3 is 1. The van der Waals surface area contributed by atoms with Crippen LogP contribution in [0.5, 0.6) is 11.5 Å². The van der Waals surface area contributed by atoms with Crippen LogP contribution in [0.25, 0.3) is 6.08 Å². The van der Waals surface area contributed by atoms with Gasteiger partial charge in [0.2, 0.25) is 0 Å². The number of unbranched alkanes of at least 4 members (excludes halogenated alkanes) is 1. The van der Waals surface area contributed by atoms with E-state index >= 15 is 0 Å². The standard InChI is InChI=1S/C23H24N2O4/c1-4-5-12-25-22(26)18(15-24)13-17-10-11-20(21(14-17)28-3)29-23(27)19-9-7-6-8-16(19)2/h6-11,13-14H,4-5,12H2,1-3H3,(H,25,26)/b18-13+. The molecule has 0 fully saturated rings. The molecule has 0 saturated carbocycles. The summed E-state index contributed by atoms with van der Waals surface area (Å²) in [5.41, 5.74) is 1.85. The molecule has 1 N–H and O–H groups in total. The van der Waals surface area contributed by atoms with Gasteiger partial charge in [-0.1, -0.05) is 37.6 Å². The maximum atomic E-state index is 12.4. The normalized spacial score (nSPS) is 10.8. The number of carbonyl (C=O) groups is 2. The van der Waals surface area contributed by atoms with Crippen molar-refractivity contribution in [1.29, 1.82) is 5.26 Å². The highest BCUT2D eigenvalue weighted by molar-refractivity contribution is 6.01. The van der Waals surface area contributed by atoms with Crippen LogP contribution in [-0.2, 0) is 4.79 Å². The molecule has 0 aliphatic carbocycles. The van der Waals surface area contributed by atoms with Crippen molar-refractivity contribution in [2.45, 2.75) is 26.7 Å². The number of hydrogen-bond donors (Lipinski definition) is 1. The van der Waals surface area contributed by atoms with E-state index in [0.29, 0.717) is 23.4 Å². The van der Waals surface area contributed by atoms with Crippen molar-refractivity contribution < 1.29 is 19.1 Å². The second-order valence-electron chi connectivity index (χ2n) is 6.39. The number of carbonyl (C=O) groups excluding carboxylic acids is 2. The zero-order valence-corrected chi connectivity index (χ0v) is 16.8. The zero-order valence-electron chi connectivity index (χ0n) is 16.8. The van der Waals surface area contributed by atoms with Crippen molar-refractivity contribution in [3.05, 3.63) is 64.7 Å². The fourth-order valence-electron chi connectivity index (χ4n) is 2.60. The first kappa shape index (κ1) is 21.7. The van der Waals surface area contributed by atoms with E-state index < -0.39 is 11.9 Å². The van der Waals surface area contributed by atoms with E-state index in [0.717, 1.165) is 18.4 Å². The minimum absolute atomic E-state index is 0.00666. The van der Waals surface area contributed by atoms with Gasteiger partial charge in [0, 0.05) is 6.54 Å². The summed E-state index contributed by atoms with van der Waals surface area (Å²) in [5, 5.41) is 12.0. The molecule has 29 heavy (non-hydrogen) atoms. The maximum Gasteiger partial charge on any atom is 0.343 e. The van der Waals surface area contributed by atoms with Crippen LogP contribution in [0.3, 0.4) is 0 Å². The number of amides is 1. The highest BCUT2D eigenvalue weighted by Gasteiger charge is 2.15. The van der Waals surface area contributed by atoms with Gasteiger partial charge in [0.15, 0.2) is 11.5 Å². The molecule has 0 saturated heterocycles. The van der Waals surface area contributed by atoms with Gasteiger partial charge in [0.25, 0.3) is 5.91 Å². The highest BCUT2D eigenvalue weighted by atomic mass is 16.6. The maximum absolute atomic E-state index is 12.4. The molecule has 0 aliphatic rings. The van der Waals surface area contributed by atoms with E-state index in [1.807, 2.05) is 32.0 Å². The second-order valence-corrected chi connectivity index (χ2v) is 6.39. The molecule has 2 rings (SSSR count). The fraction of sp³-hybridized carbons (Fsp3) is 0.261. The second kappa shape index (κ2) is 10.7. The Morgan fingerprint density at radius 2 is 1.93 bits per heavy atom. The molecule has 0 unspecified atom stereocenters. The van der Waals surface area contributed by atoms with E-state index in [4.69, 9.17) is 9.47 Å². The molecule has 150 valence electrons. The number of nitriles is 1. The Morgan fingerprint density at radius 3 is 2.59 bits per heavy atom. The molecule has 1 amide bonds. The van der Waals surface area contributed by atoms with Crippen molar-refractivity contribution in [3.8, 4) is 17.6 Å². The van der Waals surface area contributed by atoms with Crippen LogP contribution in [0, 0.1) is 18.3 Å². The van der Waals surface area contributed by atoms with Gasteiger partial charge in [0.1, 0.15) is 11.6 Å². The van der Waals surface area contributed by atoms with E-state index in [2.05, 4.69) is 5.32 Å². The van der Waals surface area contributed by atoms with Gasteiger partial charge in [-0.05, 0) is 48.7 Å². The van der Waals surface area contributed by atoms with Gasteiger partial charge in [-0.15, -0.1) is 0 Å². The summed E-state index contributed by atoms with van der Waals surface area (Å²) in [6.45, 7) is 4.37. The Bertz CT molecular complexity index is 958. The summed E-state index contributed by atoms with van der Waals surface area (Å²) in [7, 11) is 1.45. The molecule has 0 bridgehead atoms. The number of nitrogens with one attached hydrogen (secondary N) is 1. The van der Waals surface area contributed by atoms with Crippen molar-refractivity contribution in [2.75, 3.05) is 13.7 Å². The van der Waals surface area contributed by atoms with Crippen LogP contribution in [0.4, 0.5) is 0 Å². The zero-order chi connectivity index (χ0) is 21.2. The average molecular weight is 392 g/mol. The van der Waals surface area contributed by atoms with Gasteiger partial charge in [-0.3, -0.25) is 4.79 Å². The first-order chi connectivity index (χ1) is 14.0. The van der Waals surface area contributed by atoms with Gasteiger partial charge in [-0.25, -0.2) is 4.79 Å². The van der Waals surface area contributed by atoms with Crippen LogP contribution in [0.15, 0.2) is 48.0 Å². The SMILES string of the molecule is CCCCNC(=O)/C(C#N)=C/c1ccc(OC(=O)c2ccccc2C)c(OC)c1. The largest absolute Gasteiger partial charge is 0.493 e. The number of ether oxygens (including phenoxy) is 2. The summed E-state index contributed by atoms with van der Waals surface area (Å²) < 4.78 is 10.8. The molecule has 6 nitrogen and oxygen atoms in total. The summed E-state index contributed by atoms with van der Waals surface area (Å²) in [5.74, 6) is -0.333. The molecular formula is C23H24N2O4. The Morgan fingerprint density at radius 1 is 1.17 bits per heavy atom. The molecule has 0 aromatic heterocycles. The van der Waals surface area contributed by atoms with Gasteiger partial charge in [0.05, 0.1) is 12.7 Å². The third kappa shape index (κ3) is 5.94. The lowest BCUT2D eigenvalue weighted by molar-refractivity contribution is -0.117. The smallest absolute Gasteiger partial charge is 0.343 e. The number of aryl methyl sites for hydroxylation is 1. The Labute approximate surface area is 170 Å². The third-order valence-electron chi connectivity index (χ3n) is 4.25. The number of rotatable bonds is 8. The van der Waals surface area contributed by atoms with Crippen molar-refractivity contribution in [1.82, 2.24) is 5.32 Å². The predicted molar refractivity (Wildman–Crippen MR) is 111 cm³/mol. The molecule has 0 atom stereocenters. The molecule has 0 spiro atoms. The number of nitrogens with zero attached hydrogens (tertiary/aromatic N) is 1. The summed E-state index contributed by atoms with van der Waals surface area (Å²) >= 11 is 0. The lowest BCUT2D eigenvalue weighted by Crippen LogP contribution is -2.25. The predicted octanol–water partition coefficient (Wildman–Crippen LogP) is 4.05. The van der Waals surface area contributed by atoms with E-state index in [-0.39, 0.29) is 11.3 Å². The molecule has 0 heterocycles. The van der Waals surface area contributed by atoms with E-state index in [1.165, 1.54) is 13.2 Å². The van der Waals surface area contributed by atoms with Gasteiger partial charge < -0.3 is 14.8 Å². The van der Waals surface area contributed by atoms with Crippen LogP contribution < -0.4 is 14.8 Å². The molecule has 2 aromatic carbocycles. The minimum Gasteiger partial charge on any atom is -0.493 e. The van der Waals surface area contributed by atoms with Crippen LogP contribution in [0.1, 0.15) is 41.3 Å². The first-order valence-electron chi connectivity index (χ1n) is 9.36. The van der Waals surface area contributed by atoms with E-state index in [9.17, 15) is 14.9 Å². The van der Waals surface area contributed by atoms with Crippen molar-refractivity contribution >= 4 is 18.0 Å². The quantitative estimate of drug-likeness (QED) is 0.241. The molecule has 6 heteroatoms. The third-order valence-corrected chi connectivity index (χ3v) is 4.25. The highest BCUT2D eigenvalue weighted by Crippen LogP contribution is 2.30. The fourth-order valence-corrected chi connectivity index (χ4v) is 2.60. The van der Waals surface area contributed by atoms with Crippen LogP contribution in [-0.4, -0.2) is 25.5 Å². The number of benzene rings is 2.